The Morgan fingerprint density at radius 2 is 2.00 bits per heavy atom. The van der Waals surface area contributed by atoms with Crippen LogP contribution in [0.5, 0.6) is 5.75 Å². The Balaban J connectivity index is 1.65. The van der Waals surface area contributed by atoms with Crippen LogP contribution in [-0.4, -0.2) is 28.7 Å². The molecular weight excluding hydrogens is 450 g/mol. The van der Waals surface area contributed by atoms with Gasteiger partial charge < -0.3 is 4.74 Å². The van der Waals surface area contributed by atoms with Gasteiger partial charge in [0.15, 0.2) is 5.13 Å². The number of amides is 1. The van der Waals surface area contributed by atoms with Crippen LogP contribution in [0.15, 0.2) is 65.8 Å². The summed E-state index contributed by atoms with van der Waals surface area (Å²) in [5, 5.41) is 1.17. The Hall–Kier alpha value is -2.61. The molecule has 0 radical (unpaired) electrons. The number of pyridine rings is 1. The van der Waals surface area contributed by atoms with Crippen molar-refractivity contribution in [3.63, 3.8) is 0 Å². The van der Waals surface area contributed by atoms with Crippen LogP contribution >= 0.6 is 34.7 Å². The molecule has 5 nitrogen and oxygen atoms in total. The van der Waals surface area contributed by atoms with Crippen LogP contribution in [0.1, 0.15) is 11.1 Å². The number of thioether (sulfide) groups is 1. The van der Waals surface area contributed by atoms with E-state index >= 15 is 0 Å². The lowest BCUT2D eigenvalue weighted by Crippen LogP contribution is -2.31. The minimum absolute atomic E-state index is 0.0384. The van der Waals surface area contributed by atoms with Crippen LogP contribution in [0.2, 0.25) is 5.02 Å². The topological polar surface area (TPSA) is 55.3 Å². The number of halogens is 1. The van der Waals surface area contributed by atoms with Gasteiger partial charge in [0.25, 0.3) is 0 Å². The predicted octanol–water partition coefficient (Wildman–Crippen LogP) is 5.99. The third-order valence-corrected chi connectivity index (χ3v) is 7.18. The standard InChI is InChI=1S/C23H20ClN3O2S2/c1-15-5-7-17(8-6-15)30-14-20(28)27(13-16-4-3-11-25-12-16)23-26-21-19(29-2)10-9-18(24)22(21)31-23/h3-12H,13-14H2,1-2H3. The molecule has 0 atom stereocenters. The Bertz CT molecular complexity index is 1200. The second-order valence-electron chi connectivity index (χ2n) is 6.87. The van der Waals surface area contributed by atoms with Gasteiger partial charge in [0.1, 0.15) is 11.3 Å². The molecule has 2 aromatic carbocycles. The van der Waals surface area contributed by atoms with E-state index in [1.807, 2.05) is 43.3 Å². The van der Waals surface area contributed by atoms with Gasteiger partial charge in [-0.15, -0.1) is 11.8 Å². The summed E-state index contributed by atoms with van der Waals surface area (Å²) in [7, 11) is 1.60. The number of aryl methyl sites for hydroxylation is 1. The summed E-state index contributed by atoms with van der Waals surface area (Å²) in [5.74, 6) is 0.887. The average Bonchev–Trinajstić information content (AvgIpc) is 3.24. The summed E-state index contributed by atoms with van der Waals surface area (Å²) >= 11 is 9.29. The molecule has 4 aromatic rings. The highest BCUT2D eigenvalue weighted by atomic mass is 35.5. The minimum Gasteiger partial charge on any atom is -0.494 e. The van der Waals surface area contributed by atoms with Crippen molar-refractivity contribution in [2.24, 2.45) is 0 Å². The lowest BCUT2D eigenvalue weighted by molar-refractivity contribution is -0.116. The van der Waals surface area contributed by atoms with Crippen molar-refractivity contribution in [1.82, 2.24) is 9.97 Å². The minimum atomic E-state index is -0.0384. The number of benzene rings is 2. The van der Waals surface area contributed by atoms with Gasteiger partial charge in [0.05, 0.1) is 29.1 Å². The number of hydrogen-bond donors (Lipinski definition) is 0. The average molecular weight is 470 g/mol. The fraction of sp³-hybridized carbons (Fsp3) is 0.174. The van der Waals surface area contributed by atoms with Crippen molar-refractivity contribution in [3.8, 4) is 5.75 Å². The molecule has 0 spiro atoms. The Morgan fingerprint density at radius 1 is 1.19 bits per heavy atom. The van der Waals surface area contributed by atoms with E-state index in [2.05, 4.69) is 4.98 Å². The molecule has 1 amide bonds. The van der Waals surface area contributed by atoms with Crippen molar-refractivity contribution in [2.75, 3.05) is 17.8 Å². The number of nitrogens with zero attached hydrogens (tertiary/aromatic N) is 3. The highest BCUT2D eigenvalue weighted by Crippen LogP contribution is 2.39. The zero-order valence-electron chi connectivity index (χ0n) is 17.0. The molecule has 0 saturated carbocycles. The molecular formula is C23H20ClN3O2S2. The summed E-state index contributed by atoms with van der Waals surface area (Å²) in [5.41, 5.74) is 2.77. The van der Waals surface area contributed by atoms with Crippen LogP contribution in [0.4, 0.5) is 5.13 Å². The van der Waals surface area contributed by atoms with Crippen LogP contribution in [0.3, 0.4) is 0 Å². The van der Waals surface area contributed by atoms with Crippen LogP contribution in [0, 0.1) is 6.92 Å². The molecule has 31 heavy (non-hydrogen) atoms. The SMILES string of the molecule is COc1ccc(Cl)c2sc(N(Cc3cccnc3)C(=O)CSc3ccc(C)cc3)nc12. The second kappa shape index (κ2) is 9.68. The number of thiazole rings is 1. The van der Waals surface area contributed by atoms with Gasteiger partial charge in [0, 0.05) is 17.3 Å². The molecule has 8 heteroatoms. The summed E-state index contributed by atoms with van der Waals surface area (Å²) in [6, 6.07) is 15.5. The number of aromatic nitrogens is 2. The normalized spacial score (nSPS) is 10.9. The van der Waals surface area contributed by atoms with E-state index in [-0.39, 0.29) is 5.91 Å². The van der Waals surface area contributed by atoms with Gasteiger partial charge in [-0.05, 0) is 42.8 Å². The van der Waals surface area contributed by atoms with Crippen molar-refractivity contribution in [1.29, 1.82) is 0 Å². The van der Waals surface area contributed by atoms with E-state index in [0.717, 1.165) is 15.2 Å². The van der Waals surface area contributed by atoms with Crippen LogP contribution < -0.4 is 9.64 Å². The summed E-state index contributed by atoms with van der Waals surface area (Å²) in [6.45, 7) is 2.42. The summed E-state index contributed by atoms with van der Waals surface area (Å²) in [6.07, 6.45) is 3.47. The fourth-order valence-electron chi connectivity index (χ4n) is 3.02. The van der Waals surface area contributed by atoms with E-state index in [9.17, 15) is 4.79 Å². The van der Waals surface area contributed by atoms with Crippen molar-refractivity contribution in [2.45, 2.75) is 18.4 Å². The molecule has 0 saturated heterocycles. The third kappa shape index (κ3) is 5.01. The summed E-state index contributed by atoms with van der Waals surface area (Å²) in [4.78, 5) is 24.9. The van der Waals surface area contributed by atoms with Gasteiger partial charge in [-0.3, -0.25) is 14.7 Å². The van der Waals surface area contributed by atoms with Gasteiger partial charge in [-0.25, -0.2) is 4.98 Å². The van der Waals surface area contributed by atoms with Crippen LogP contribution in [0.25, 0.3) is 10.2 Å². The van der Waals surface area contributed by atoms with Crippen LogP contribution in [-0.2, 0) is 11.3 Å². The predicted molar refractivity (Wildman–Crippen MR) is 129 cm³/mol. The lowest BCUT2D eigenvalue weighted by atomic mass is 10.2. The highest BCUT2D eigenvalue weighted by Gasteiger charge is 2.22. The molecule has 0 aliphatic carbocycles. The number of ether oxygens (including phenoxy) is 1. The zero-order chi connectivity index (χ0) is 21.8. The molecule has 0 fully saturated rings. The quantitative estimate of drug-likeness (QED) is 0.311. The molecule has 0 aliphatic rings. The first-order valence-corrected chi connectivity index (χ1v) is 11.7. The molecule has 0 N–H and O–H groups in total. The number of fused-ring (bicyclic) bond motifs is 1. The first kappa shape index (κ1) is 21.6. The number of carbonyl (C=O) groups is 1. The molecule has 0 unspecified atom stereocenters. The molecule has 2 aromatic heterocycles. The Morgan fingerprint density at radius 3 is 2.71 bits per heavy atom. The number of rotatable bonds is 7. The van der Waals surface area contributed by atoms with Gasteiger partial charge in [-0.2, -0.15) is 0 Å². The smallest absolute Gasteiger partial charge is 0.239 e. The summed E-state index contributed by atoms with van der Waals surface area (Å²) < 4.78 is 6.23. The van der Waals surface area contributed by atoms with E-state index < -0.39 is 0 Å². The largest absolute Gasteiger partial charge is 0.494 e. The number of anilines is 1. The molecule has 0 aliphatic heterocycles. The maximum absolute atomic E-state index is 13.3. The second-order valence-corrected chi connectivity index (χ2v) is 9.30. The fourth-order valence-corrected chi connectivity index (χ4v) is 5.06. The van der Waals surface area contributed by atoms with E-state index in [1.54, 1.807) is 36.5 Å². The maximum Gasteiger partial charge on any atom is 0.239 e. The van der Waals surface area contributed by atoms with Crippen molar-refractivity contribution >= 4 is 56.0 Å². The molecule has 4 rings (SSSR count). The zero-order valence-corrected chi connectivity index (χ0v) is 19.4. The lowest BCUT2D eigenvalue weighted by Gasteiger charge is -2.19. The monoisotopic (exact) mass is 469 g/mol. The Labute approximate surface area is 194 Å². The molecule has 2 heterocycles. The van der Waals surface area contributed by atoms with Crippen molar-refractivity contribution in [3.05, 3.63) is 77.1 Å². The van der Waals surface area contributed by atoms with E-state index in [4.69, 9.17) is 21.3 Å². The van der Waals surface area contributed by atoms with Gasteiger partial charge >= 0.3 is 0 Å². The first-order chi connectivity index (χ1) is 15.0. The maximum atomic E-state index is 13.3. The Kier molecular flexibility index (Phi) is 6.75. The van der Waals surface area contributed by atoms with E-state index in [1.165, 1.54) is 28.7 Å². The number of hydrogen-bond acceptors (Lipinski definition) is 6. The molecule has 0 bridgehead atoms. The third-order valence-electron chi connectivity index (χ3n) is 4.65. The van der Waals surface area contributed by atoms with Gasteiger partial charge in [0.2, 0.25) is 5.91 Å². The number of carbonyl (C=O) groups excluding carboxylic acids is 1. The highest BCUT2D eigenvalue weighted by molar-refractivity contribution is 8.00. The molecule has 158 valence electrons. The van der Waals surface area contributed by atoms with E-state index in [0.29, 0.717) is 33.7 Å². The number of methoxy groups -OCH3 is 1. The van der Waals surface area contributed by atoms with Gasteiger partial charge in [-0.1, -0.05) is 46.7 Å². The van der Waals surface area contributed by atoms with Crippen molar-refractivity contribution < 1.29 is 9.53 Å². The first-order valence-electron chi connectivity index (χ1n) is 9.57.